The monoisotopic (exact) mass is 373 g/mol. The molecule has 2 N–H and O–H groups in total. The topological polar surface area (TPSA) is 70.7 Å². The van der Waals surface area contributed by atoms with Crippen molar-refractivity contribution in [3.8, 4) is 5.75 Å². The molecular formula is C20H24FN3O3. The molecule has 0 heterocycles. The normalized spacial score (nSPS) is 10.6. The molecule has 0 aliphatic rings. The van der Waals surface area contributed by atoms with Gasteiger partial charge in [-0.3, -0.25) is 14.5 Å². The minimum absolute atomic E-state index is 0.0253. The van der Waals surface area contributed by atoms with Crippen LogP contribution in [0.2, 0.25) is 0 Å². The van der Waals surface area contributed by atoms with Gasteiger partial charge in [-0.25, -0.2) is 4.39 Å². The Labute approximate surface area is 158 Å². The van der Waals surface area contributed by atoms with E-state index in [4.69, 9.17) is 4.74 Å². The SMILES string of the molecule is CCN(CC(=O)Nc1cccc(OC)c1)CC(=O)Nc1ccc(C)c(F)c1. The van der Waals surface area contributed by atoms with E-state index in [1.807, 2.05) is 6.92 Å². The van der Waals surface area contributed by atoms with Crippen molar-refractivity contribution in [2.24, 2.45) is 0 Å². The number of rotatable bonds is 8. The Hall–Kier alpha value is -2.93. The summed E-state index contributed by atoms with van der Waals surface area (Å²) in [5, 5.41) is 5.42. The molecule has 0 unspecified atom stereocenters. The van der Waals surface area contributed by atoms with Gasteiger partial charge in [0.05, 0.1) is 20.2 Å². The second kappa shape index (κ2) is 9.68. The Balaban J connectivity index is 1.88. The van der Waals surface area contributed by atoms with Crippen molar-refractivity contribution in [1.29, 1.82) is 0 Å². The van der Waals surface area contributed by atoms with E-state index in [1.165, 1.54) is 6.07 Å². The zero-order valence-corrected chi connectivity index (χ0v) is 15.7. The van der Waals surface area contributed by atoms with Gasteiger partial charge in [-0.1, -0.05) is 19.1 Å². The number of halogens is 1. The van der Waals surface area contributed by atoms with E-state index in [-0.39, 0.29) is 30.7 Å². The van der Waals surface area contributed by atoms with Gasteiger partial charge < -0.3 is 15.4 Å². The summed E-state index contributed by atoms with van der Waals surface area (Å²) in [5.41, 5.74) is 1.52. The number of anilines is 2. The molecule has 2 rings (SSSR count). The summed E-state index contributed by atoms with van der Waals surface area (Å²) in [5.74, 6) is -0.281. The van der Waals surface area contributed by atoms with Crippen molar-refractivity contribution in [1.82, 2.24) is 4.90 Å². The van der Waals surface area contributed by atoms with Crippen LogP contribution in [0, 0.1) is 12.7 Å². The van der Waals surface area contributed by atoms with E-state index in [0.29, 0.717) is 29.2 Å². The Morgan fingerprint density at radius 2 is 1.67 bits per heavy atom. The highest BCUT2D eigenvalue weighted by molar-refractivity contribution is 5.94. The van der Waals surface area contributed by atoms with Crippen LogP contribution in [-0.2, 0) is 9.59 Å². The summed E-state index contributed by atoms with van der Waals surface area (Å²) in [4.78, 5) is 26.1. The molecule has 0 radical (unpaired) electrons. The number of nitrogens with one attached hydrogen (secondary N) is 2. The molecule has 2 amide bonds. The molecule has 0 bridgehead atoms. The lowest BCUT2D eigenvalue weighted by Crippen LogP contribution is -2.38. The average molecular weight is 373 g/mol. The van der Waals surface area contributed by atoms with E-state index in [0.717, 1.165) is 0 Å². The number of carbonyl (C=O) groups is 2. The fourth-order valence-corrected chi connectivity index (χ4v) is 2.46. The van der Waals surface area contributed by atoms with E-state index in [1.54, 1.807) is 55.3 Å². The van der Waals surface area contributed by atoms with Crippen LogP contribution in [0.4, 0.5) is 15.8 Å². The Morgan fingerprint density at radius 3 is 2.22 bits per heavy atom. The molecule has 0 aliphatic carbocycles. The van der Waals surface area contributed by atoms with Crippen LogP contribution in [0.25, 0.3) is 0 Å². The zero-order chi connectivity index (χ0) is 19.8. The largest absolute Gasteiger partial charge is 0.497 e. The fourth-order valence-electron chi connectivity index (χ4n) is 2.46. The van der Waals surface area contributed by atoms with Crippen LogP contribution in [0.1, 0.15) is 12.5 Å². The number of methoxy groups -OCH3 is 1. The average Bonchev–Trinajstić information content (AvgIpc) is 2.64. The molecule has 0 fully saturated rings. The third kappa shape index (κ3) is 6.38. The summed E-state index contributed by atoms with van der Waals surface area (Å²) in [6.45, 7) is 4.11. The second-order valence-electron chi connectivity index (χ2n) is 6.10. The first-order valence-corrected chi connectivity index (χ1v) is 8.63. The standard InChI is InChI=1S/C20H24FN3O3/c1-4-24(12-19(25)22-15-6-5-7-17(10-15)27-3)13-20(26)23-16-9-8-14(2)18(21)11-16/h5-11H,4,12-13H2,1-3H3,(H,22,25)(H,23,26). The Kier molecular flexibility index (Phi) is 7.31. The molecule has 0 aromatic heterocycles. The van der Waals surface area contributed by atoms with Crippen molar-refractivity contribution < 1.29 is 18.7 Å². The van der Waals surface area contributed by atoms with Gasteiger partial charge in [-0.15, -0.1) is 0 Å². The summed E-state index contributed by atoms with van der Waals surface area (Å²) < 4.78 is 18.7. The van der Waals surface area contributed by atoms with Gasteiger partial charge in [0.25, 0.3) is 0 Å². The molecule has 0 spiro atoms. The van der Waals surface area contributed by atoms with E-state index < -0.39 is 0 Å². The molecule has 0 aliphatic heterocycles. The minimum Gasteiger partial charge on any atom is -0.497 e. The quantitative estimate of drug-likeness (QED) is 0.746. The number of benzene rings is 2. The van der Waals surface area contributed by atoms with Gasteiger partial charge in [0.15, 0.2) is 0 Å². The third-order valence-corrected chi connectivity index (χ3v) is 3.99. The molecule has 27 heavy (non-hydrogen) atoms. The Morgan fingerprint density at radius 1 is 1.04 bits per heavy atom. The van der Waals surface area contributed by atoms with Crippen LogP contribution in [0.3, 0.4) is 0 Å². The van der Waals surface area contributed by atoms with Crippen LogP contribution in [0.15, 0.2) is 42.5 Å². The highest BCUT2D eigenvalue weighted by atomic mass is 19.1. The van der Waals surface area contributed by atoms with Gasteiger partial charge in [-0.2, -0.15) is 0 Å². The molecule has 7 heteroatoms. The van der Waals surface area contributed by atoms with Crippen LogP contribution in [-0.4, -0.2) is 43.5 Å². The first kappa shape index (κ1) is 20.4. The number of ether oxygens (including phenoxy) is 1. The molecule has 6 nitrogen and oxygen atoms in total. The van der Waals surface area contributed by atoms with Crippen molar-refractivity contribution in [2.45, 2.75) is 13.8 Å². The van der Waals surface area contributed by atoms with Crippen molar-refractivity contribution in [3.05, 3.63) is 53.8 Å². The van der Waals surface area contributed by atoms with E-state index in [2.05, 4.69) is 10.6 Å². The maximum Gasteiger partial charge on any atom is 0.238 e. The number of amides is 2. The second-order valence-corrected chi connectivity index (χ2v) is 6.10. The third-order valence-electron chi connectivity index (χ3n) is 3.99. The maximum absolute atomic E-state index is 13.6. The molecule has 144 valence electrons. The van der Waals surface area contributed by atoms with Crippen LogP contribution >= 0.6 is 0 Å². The molecule has 0 saturated carbocycles. The zero-order valence-electron chi connectivity index (χ0n) is 15.7. The summed E-state index contributed by atoms with van der Waals surface area (Å²) in [6, 6.07) is 11.6. The number of aryl methyl sites for hydroxylation is 1. The molecule has 2 aromatic rings. The van der Waals surface area contributed by atoms with Gasteiger partial charge >= 0.3 is 0 Å². The molecule has 0 saturated heterocycles. The van der Waals surface area contributed by atoms with Crippen LogP contribution in [0.5, 0.6) is 5.75 Å². The highest BCUT2D eigenvalue weighted by Crippen LogP contribution is 2.16. The molecular weight excluding hydrogens is 349 g/mol. The lowest BCUT2D eigenvalue weighted by Gasteiger charge is -2.19. The van der Waals surface area contributed by atoms with E-state index >= 15 is 0 Å². The molecule has 2 aromatic carbocycles. The summed E-state index contributed by atoms with van der Waals surface area (Å²) in [6.07, 6.45) is 0. The van der Waals surface area contributed by atoms with Crippen LogP contribution < -0.4 is 15.4 Å². The maximum atomic E-state index is 13.6. The van der Waals surface area contributed by atoms with Gasteiger partial charge in [0.2, 0.25) is 11.8 Å². The van der Waals surface area contributed by atoms with Gasteiger partial charge in [0, 0.05) is 17.4 Å². The number of nitrogens with zero attached hydrogens (tertiary/aromatic N) is 1. The minimum atomic E-state index is -0.377. The lowest BCUT2D eigenvalue weighted by atomic mass is 10.2. The van der Waals surface area contributed by atoms with Crippen molar-refractivity contribution >= 4 is 23.2 Å². The summed E-state index contributed by atoms with van der Waals surface area (Å²) in [7, 11) is 1.55. The first-order chi connectivity index (χ1) is 12.9. The van der Waals surface area contributed by atoms with E-state index in [9.17, 15) is 14.0 Å². The highest BCUT2D eigenvalue weighted by Gasteiger charge is 2.14. The number of hydrogen-bond donors (Lipinski definition) is 2. The number of hydrogen-bond acceptors (Lipinski definition) is 4. The number of carbonyl (C=O) groups excluding carboxylic acids is 2. The lowest BCUT2D eigenvalue weighted by molar-refractivity contribution is -0.119. The number of likely N-dealkylation sites (N-methyl/N-ethyl adjacent to an activating group) is 1. The van der Waals surface area contributed by atoms with Gasteiger partial charge in [0.1, 0.15) is 11.6 Å². The predicted octanol–water partition coefficient (Wildman–Crippen LogP) is 3.04. The predicted molar refractivity (Wildman–Crippen MR) is 104 cm³/mol. The van der Waals surface area contributed by atoms with Crippen molar-refractivity contribution in [3.63, 3.8) is 0 Å². The smallest absolute Gasteiger partial charge is 0.238 e. The fraction of sp³-hybridized carbons (Fsp3) is 0.300. The van der Waals surface area contributed by atoms with Gasteiger partial charge in [-0.05, 0) is 43.3 Å². The summed E-state index contributed by atoms with van der Waals surface area (Å²) >= 11 is 0. The van der Waals surface area contributed by atoms with Crippen molar-refractivity contribution in [2.75, 3.05) is 37.4 Å². The Bertz CT molecular complexity index is 811. The first-order valence-electron chi connectivity index (χ1n) is 8.63. The molecule has 0 atom stereocenters.